The van der Waals surface area contributed by atoms with E-state index in [0.29, 0.717) is 0 Å². The summed E-state index contributed by atoms with van der Waals surface area (Å²) in [4.78, 5) is 0. The van der Waals surface area contributed by atoms with E-state index in [2.05, 4.69) is 27.7 Å². The number of aryl methyl sites for hydroxylation is 1. The number of nitrogens with zero attached hydrogens (tertiary/aromatic N) is 2. The summed E-state index contributed by atoms with van der Waals surface area (Å²) in [6.07, 6.45) is 4.00. The molecule has 0 saturated carbocycles. The molecule has 68 valence electrons. The van der Waals surface area contributed by atoms with Gasteiger partial charge in [0.15, 0.2) is 0 Å². The van der Waals surface area contributed by atoms with Gasteiger partial charge in [-0.05, 0) is 35.4 Å². The number of hydrogen-bond acceptors (Lipinski definition) is 2. The van der Waals surface area contributed by atoms with Gasteiger partial charge in [0, 0.05) is 20.8 Å². The van der Waals surface area contributed by atoms with Crippen LogP contribution >= 0.6 is 22.6 Å². The summed E-state index contributed by atoms with van der Waals surface area (Å²) in [7, 11) is 3.71. The molecule has 0 aliphatic rings. The first-order valence-corrected chi connectivity index (χ1v) is 4.99. The Morgan fingerprint density at radius 1 is 1.67 bits per heavy atom. The van der Waals surface area contributed by atoms with Crippen LogP contribution in [0.1, 0.15) is 12.1 Å². The Morgan fingerprint density at radius 3 is 2.92 bits per heavy atom. The fraction of sp³-hybridized carbons (Fsp3) is 0.625. The normalized spacial score (nSPS) is 10.6. The van der Waals surface area contributed by atoms with E-state index in [4.69, 9.17) is 4.74 Å². The maximum Gasteiger partial charge on any atom is 0.0626 e. The van der Waals surface area contributed by atoms with E-state index in [9.17, 15) is 0 Å². The van der Waals surface area contributed by atoms with Gasteiger partial charge in [0.1, 0.15) is 0 Å². The first-order chi connectivity index (χ1) is 5.75. The first-order valence-electron chi connectivity index (χ1n) is 3.91. The van der Waals surface area contributed by atoms with E-state index in [1.165, 1.54) is 9.26 Å². The van der Waals surface area contributed by atoms with Crippen molar-refractivity contribution in [1.82, 2.24) is 9.78 Å². The summed E-state index contributed by atoms with van der Waals surface area (Å²) in [6.45, 7) is 0.821. The molecule has 4 heteroatoms. The molecule has 1 rings (SSSR count). The molecule has 0 amide bonds. The van der Waals surface area contributed by atoms with Crippen LogP contribution in [0.15, 0.2) is 6.20 Å². The molecule has 0 radical (unpaired) electrons. The lowest BCUT2D eigenvalue weighted by atomic mass is 10.2. The summed E-state index contributed by atoms with van der Waals surface area (Å²) in [6, 6.07) is 0. The summed E-state index contributed by atoms with van der Waals surface area (Å²) < 4.78 is 8.16. The number of methoxy groups -OCH3 is 1. The van der Waals surface area contributed by atoms with Gasteiger partial charge >= 0.3 is 0 Å². The van der Waals surface area contributed by atoms with Crippen molar-refractivity contribution in [3.8, 4) is 0 Å². The number of halogens is 1. The predicted molar refractivity (Wildman–Crippen MR) is 56.1 cm³/mol. The molecular formula is C8H13IN2O. The maximum absolute atomic E-state index is 4.99. The van der Waals surface area contributed by atoms with E-state index in [1.54, 1.807) is 7.11 Å². The lowest BCUT2D eigenvalue weighted by molar-refractivity contribution is 0.194. The highest BCUT2D eigenvalue weighted by Crippen LogP contribution is 2.11. The van der Waals surface area contributed by atoms with Crippen molar-refractivity contribution in [1.29, 1.82) is 0 Å². The number of hydrogen-bond donors (Lipinski definition) is 0. The Kier molecular flexibility index (Phi) is 4.00. The van der Waals surface area contributed by atoms with E-state index in [1.807, 2.05) is 17.9 Å². The number of ether oxygens (including phenoxy) is 1. The minimum absolute atomic E-state index is 0.821. The van der Waals surface area contributed by atoms with E-state index in [-0.39, 0.29) is 0 Å². The highest BCUT2D eigenvalue weighted by Gasteiger charge is 2.04. The third kappa shape index (κ3) is 2.45. The average molecular weight is 280 g/mol. The van der Waals surface area contributed by atoms with E-state index >= 15 is 0 Å². The molecule has 0 aliphatic carbocycles. The Labute approximate surface area is 86.2 Å². The smallest absolute Gasteiger partial charge is 0.0626 e. The zero-order chi connectivity index (χ0) is 8.97. The van der Waals surface area contributed by atoms with Crippen molar-refractivity contribution < 1.29 is 4.74 Å². The van der Waals surface area contributed by atoms with Crippen LogP contribution in [-0.4, -0.2) is 23.5 Å². The standard InChI is InChI=1S/C8H13IN2O/c1-11-8(4-3-5-12-2)7(9)6-10-11/h6H,3-5H2,1-2H3. The molecule has 0 unspecified atom stereocenters. The van der Waals surface area contributed by atoms with Crippen LogP contribution in [0.5, 0.6) is 0 Å². The van der Waals surface area contributed by atoms with Crippen molar-refractivity contribution in [2.75, 3.05) is 13.7 Å². The topological polar surface area (TPSA) is 27.1 Å². The summed E-state index contributed by atoms with van der Waals surface area (Å²) in [5.74, 6) is 0. The molecule has 0 spiro atoms. The molecule has 1 aromatic heterocycles. The highest BCUT2D eigenvalue weighted by atomic mass is 127. The monoisotopic (exact) mass is 280 g/mol. The molecule has 0 saturated heterocycles. The first kappa shape index (κ1) is 9.98. The molecule has 1 aromatic rings. The zero-order valence-electron chi connectivity index (χ0n) is 7.38. The van der Waals surface area contributed by atoms with Crippen molar-refractivity contribution in [2.24, 2.45) is 7.05 Å². The minimum Gasteiger partial charge on any atom is -0.385 e. The Hall–Kier alpha value is -0.100. The Bertz CT molecular complexity index is 228. The van der Waals surface area contributed by atoms with Crippen LogP contribution in [0.25, 0.3) is 0 Å². The van der Waals surface area contributed by atoms with Gasteiger partial charge in [-0.3, -0.25) is 4.68 Å². The van der Waals surface area contributed by atoms with Gasteiger partial charge in [-0.1, -0.05) is 0 Å². The lowest BCUT2D eigenvalue weighted by Crippen LogP contribution is -2.01. The third-order valence-corrected chi connectivity index (χ3v) is 2.67. The fourth-order valence-corrected chi connectivity index (χ4v) is 1.84. The van der Waals surface area contributed by atoms with E-state index < -0.39 is 0 Å². The number of rotatable bonds is 4. The second kappa shape index (κ2) is 4.81. The summed E-state index contributed by atoms with van der Waals surface area (Å²) in [5, 5.41) is 4.16. The molecular weight excluding hydrogens is 267 g/mol. The van der Waals surface area contributed by atoms with Gasteiger partial charge in [-0.15, -0.1) is 0 Å². The third-order valence-electron chi connectivity index (χ3n) is 1.77. The molecule has 1 heterocycles. The van der Waals surface area contributed by atoms with Gasteiger partial charge in [0.05, 0.1) is 15.5 Å². The van der Waals surface area contributed by atoms with Gasteiger partial charge in [0.25, 0.3) is 0 Å². The van der Waals surface area contributed by atoms with Crippen molar-refractivity contribution >= 4 is 22.6 Å². The highest BCUT2D eigenvalue weighted by molar-refractivity contribution is 14.1. The fourth-order valence-electron chi connectivity index (χ4n) is 1.10. The lowest BCUT2D eigenvalue weighted by Gasteiger charge is -2.01. The largest absolute Gasteiger partial charge is 0.385 e. The second-order valence-corrected chi connectivity index (χ2v) is 3.82. The van der Waals surface area contributed by atoms with Gasteiger partial charge < -0.3 is 4.74 Å². The van der Waals surface area contributed by atoms with Crippen LogP contribution in [0.2, 0.25) is 0 Å². The zero-order valence-corrected chi connectivity index (χ0v) is 9.54. The van der Waals surface area contributed by atoms with Crippen LogP contribution in [-0.2, 0) is 18.2 Å². The molecule has 3 nitrogen and oxygen atoms in total. The SMILES string of the molecule is COCCCc1c(I)cnn1C. The van der Waals surface area contributed by atoms with Crippen molar-refractivity contribution in [3.05, 3.63) is 15.5 Å². The quantitative estimate of drug-likeness (QED) is 0.619. The van der Waals surface area contributed by atoms with Crippen LogP contribution < -0.4 is 0 Å². The maximum atomic E-state index is 4.99. The minimum atomic E-state index is 0.821. The molecule has 0 N–H and O–H groups in total. The summed E-state index contributed by atoms with van der Waals surface area (Å²) in [5.41, 5.74) is 1.30. The van der Waals surface area contributed by atoms with Crippen molar-refractivity contribution in [3.63, 3.8) is 0 Å². The molecule has 0 aromatic carbocycles. The van der Waals surface area contributed by atoms with Gasteiger partial charge in [-0.2, -0.15) is 5.10 Å². The average Bonchev–Trinajstić information content (AvgIpc) is 2.35. The Balaban J connectivity index is 2.50. The molecule has 12 heavy (non-hydrogen) atoms. The van der Waals surface area contributed by atoms with E-state index in [0.717, 1.165) is 19.4 Å². The van der Waals surface area contributed by atoms with Gasteiger partial charge in [0.2, 0.25) is 0 Å². The van der Waals surface area contributed by atoms with Crippen LogP contribution in [0.4, 0.5) is 0 Å². The molecule has 0 bridgehead atoms. The van der Waals surface area contributed by atoms with Crippen molar-refractivity contribution in [2.45, 2.75) is 12.8 Å². The summed E-state index contributed by atoms with van der Waals surface area (Å²) >= 11 is 2.31. The molecule has 0 atom stereocenters. The molecule has 0 aliphatic heterocycles. The Morgan fingerprint density at radius 2 is 2.42 bits per heavy atom. The number of aromatic nitrogens is 2. The van der Waals surface area contributed by atoms with Crippen LogP contribution in [0.3, 0.4) is 0 Å². The van der Waals surface area contributed by atoms with Gasteiger partial charge in [-0.25, -0.2) is 0 Å². The second-order valence-electron chi connectivity index (χ2n) is 2.66. The molecule has 0 fully saturated rings. The van der Waals surface area contributed by atoms with Crippen LogP contribution in [0, 0.1) is 3.57 Å². The predicted octanol–water partition coefficient (Wildman–Crippen LogP) is 1.60.